The van der Waals surface area contributed by atoms with Crippen LogP contribution < -0.4 is 15.4 Å². The SMILES string of the molecule is COc1ccc(CC(NC(=O)NCCc2cnc[nH]2)C(=O)N2CCC(C(C)=O)(C3CCCCC3)CC2)cc1. The lowest BCUT2D eigenvalue weighted by molar-refractivity contribution is -0.143. The van der Waals surface area contributed by atoms with E-state index in [9.17, 15) is 14.4 Å². The lowest BCUT2D eigenvalue weighted by Crippen LogP contribution is -2.56. The lowest BCUT2D eigenvalue weighted by Gasteiger charge is -2.47. The van der Waals surface area contributed by atoms with Crippen molar-refractivity contribution in [3.63, 3.8) is 0 Å². The molecule has 9 heteroatoms. The Morgan fingerprint density at radius 2 is 1.84 bits per heavy atom. The van der Waals surface area contributed by atoms with Crippen molar-refractivity contribution in [2.24, 2.45) is 11.3 Å². The number of aromatic amines is 1. The molecular formula is C29H41N5O4. The Morgan fingerprint density at radius 3 is 2.45 bits per heavy atom. The highest BCUT2D eigenvalue weighted by atomic mass is 16.5. The van der Waals surface area contributed by atoms with Crippen LogP contribution in [0.1, 0.15) is 63.1 Å². The number of piperidine rings is 1. The zero-order chi connectivity index (χ0) is 27.0. The summed E-state index contributed by atoms with van der Waals surface area (Å²) in [6, 6.07) is 6.44. The number of hydrogen-bond donors (Lipinski definition) is 3. The quantitative estimate of drug-likeness (QED) is 0.440. The molecule has 2 aromatic rings. The number of aromatic nitrogens is 2. The van der Waals surface area contributed by atoms with E-state index in [-0.39, 0.29) is 23.1 Å². The van der Waals surface area contributed by atoms with E-state index in [0.717, 1.165) is 29.8 Å². The van der Waals surface area contributed by atoms with Gasteiger partial charge in [0.1, 0.15) is 17.6 Å². The number of nitrogens with one attached hydrogen (secondary N) is 3. The van der Waals surface area contributed by atoms with Crippen LogP contribution in [0.25, 0.3) is 0 Å². The van der Waals surface area contributed by atoms with E-state index in [1.54, 1.807) is 26.6 Å². The van der Waals surface area contributed by atoms with E-state index < -0.39 is 6.04 Å². The fourth-order valence-corrected chi connectivity index (χ4v) is 6.19. The Bertz CT molecular complexity index is 1060. The first-order chi connectivity index (χ1) is 18.4. The molecule has 3 amide bonds. The van der Waals surface area contributed by atoms with Crippen molar-refractivity contribution in [3.05, 3.63) is 48.0 Å². The summed E-state index contributed by atoms with van der Waals surface area (Å²) in [7, 11) is 1.61. The van der Waals surface area contributed by atoms with Gasteiger partial charge in [-0.05, 0) is 56.2 Å². The van der Waals surface area contributed by atoms with Crippen LogP contribution in [0, 0.1) is 11.3 Å². The largest absolute Gasteiger partial charge is 0.497 e. The molecule has 9 nitrogen and oxygen atoms in total. The van der Waals surface area contributed by atoms with Gasteiger partial charge in [-0.1, -0.05) is 31.4 Å². The molecule has 1 atom stereocenters. The molecule has 206 valence electrons. The Kier molecular flexibility index (Phi) is 9.42. The number of amides is 3. The summed E-state index contributed by atoms with van der Waals surface area (Å²) in [5, 5.41) is 5.76. The van der Waals surface area contributed by atoms with Crippen molar-refractivity contribution in [2.45, 2.75) is 70.8 Å². The van der Waals surface area contributed by atoms with Gasteiger partial charge in [0.05, 0.1) is 13.4 Å². The van der Waals surface area contributed by atoms with Gasteiger partial charge in [-0.15, -0.1) is 0 Å². The number of likely N-dealkylation sites (tertiary alicyclic amines) is 1. The maximum atomic E-state index is 13.7. The Hall–Kier alpha value is -3.36. The Labute approximate surface area is 225 Å². The maximum Gasteiger partial charge on any atom is 0.315 e. The fourth-order valence-electron chi connectivity index (χ4n) is 6.19. The number of ether oxygens (including phenoxy) is 1. The highest BCUT2D eigenvalue weighted by Crippen LogP contribution is 2.46. The second-order valence-electron chi connectivity index (χ2n) is 10.7. The summed E-state index contributed by atoms with van der Waals surface area (Å²) < 4.78 is 5.26. The van der Waals surface area contributed by atoms with Crippen molar-refractivity contribution in [2.75, 3.05) is 26.7 Å². The molecule has 1 saturated carbocycles. The smallest absolute Gasteiger partial charge is 0.315 e. The number of nitrogens with zero attached hydrogens (tertiary/aromatic N) is 2. The normalized spacial score (nSPS) is 18.4. The van der Waals surface area contributed by atoms with E-state index in [1.807, 2.05) is 29.2 Å². The predicted octanol–water partition coefficient (Wildman–Crippen LogP) is 3.65. The lowest BCUT2D eigenvalue weighted by atomic mass is 9.62. The van der Waals surface area contributed by atoms with Gasteiger partial charge >= 0.3 is 6.03 Å². The van der Waals surface area contributed by atoms with E-state index in [0.29, 0.717) is 51.2 Å². The van der Waals surface area contributed by atoms with Crippen LogP contribution in [-0.4, -0.2) is 65.4 Å². The molecule has 1 saturated heterocycles. The molecule has 0 bridgehead atoms. The molecule has 38 heavy (non-hydrogen) atoms. The molecule has 3 N–H and O–H groups in total. The minimum absolute atomic E-state index is 0.106. The minimum Gasteiger partial charge on any atom is -0.497 e. The molecule has 4 rings (SSSR count). The number of hydrogen-bond acceptors (Lipinski definition) is 5. The van der Waals surface area contributed by atoms with Crippen LogP contribution in [0.4, 0.5) is 4.79 Å². The number of urea groups is 1. The van der Waals surface area contributed by atoms with Gasteiger partial charge in [0.25, 0.3) is 0 Å². The molecule has 1 aliphatic heterocycles. The third kappa shape index (κ3) is 6.74. The molecule has 2 heterocycles. The van der Waals surface area contributed by atoms with E-state index >= 15 is 0 Å². The Morgan fingerprint density at radius 1 is 1.13 bits per heavy atom. The van der Waals surface area contributed by atoms with Crippen LogP contribution in [0.2, 0.25) is 0 Å². The average molecular weight is 524 g/mol. The summed E-state index contributed by atoms with van der Waals surface area (Å²) in [5.74, 6) is 1.31. The molecule has 1 aromatic carbocycles. The van der Waals surface area contributed by atoms with Gasteiger partial charge in [-0.2, -0.15) is 0 Å². The van der Waals surface area contributed by atoms with Crippen molar-refractivity contribution < 1.29 is 19.1 Å². The van der Waals surface area contributed by atoms with E-state index in [1.165, 1.54) is 19.3 Å². The van der Waals surface area contributed by atoms with Crippen molar-refractivity contribution >= 4 is 17.7 Å². The second-order valence-corrected chi connectivity index (χ2v) is 10.7. The van der Waals surface area contributed by atoms with Crippen LogP contribution >= 0.6 is 0 Å². The number of imidazole rings is 1. The third-order valence-electron chi connectivity index (χ3n) is 8.49. The van der Waals surface area contributed by atoms with Crippen molar-refractivity contribution in [1.29, 1.82) is 0 Å². The second kappa shape index (κ2) is 12.9. The van der Waals surface area contributed by atoms with Gasteiger partial charge in [0, 0.05) is 49.8 Å². The van der Waals surface area contributed by atoms with Crippen LogP contribution in [0.3, 0.4) is 0 Å². The molecule has 1 aromatic heterocycles. The fraction of sp³-hybridized carbons (Fsp3) is 0.586. The molecule has 1 unspecified atom stereocenters. The topological polar surface area (TPSA) is 116 Å². The van der Waals surface area contributed by atoms with Gasteiger partial charge in [0.15, 0.2) is 0 Å². The molecular weight excluding hydrogens is 482 g/mol. The number of carbonyl (C=O) groups is 3. The van der Waals surface area contributed by atoms with E-state index in [4.69, 9.17) is 4.74 Å². The number of H-pyrrole nitrogens is 1. The number of Topliss-reactive ketones (excluding diaryl/α,β-unsaturated/α-hetero) is 1. The van der Waals surface area contributed by atoms with Crippen molar-refractivity contribution in [1.82, 2.24) is 25.5 Å². The van der Waals surface area contributed by atoms with Gasteiger partial charge in [-0.25, -0.2) is 9.78 Å². The first-order valence-corrected chi connectivity index (χ1v) is 13.9. The maximum absolute atomic E-state index is 13.7. The van der Waals surface area contributed by atoms with Crippen LogP contribution in [0.15, 0.2) is 36.8 Å². The molecule has 2 aliphatic rings. The zero-order valence-corrected chi connectivity index (χ0v) is 22.6. The van der Waals surface area contributed by atoms with Crippen LogP contribution in [0.5, 0.6) is 5.75 Å². The van der Waals surface area contributed by atoms with Gasteiger partial charge in [0.2, 0.25) is 5.91 Å². The third-order valence-corrected chi connectivity index (χ3v) is 8.49. The van der Waals surface area contributed by atoms with E-state index in [2.05, 4.69) is 20.6 Å². The molecule has 0 spiro atoms. The minimum atomic E-state index is -0.713. The predicted molar refractivity (Wildman–Crippen MR) is 145 cm³/mol. The number of benzene rings is 1. The zero-order valence-electron chi connectivity index (χ0n) is 22.6. The molecule has 0 radical (unpaired) electrons. The summed E-state index contributed by atoms with van der Waals surface area (Å²) >= 11 is 0. The van der Waals surface area contributed by atoms with Crippen LogP contribution in [-0.2, 0) is 22.4 Å². The van der Waals surface area contributed by atoms with Gasteiger partial charge < -0.3 is 25.3 Å². The first kappa shape index (κ1) is 27.7. The summed E-state index contributed by atoms with van der Waals surface area (Å²) in [6.07, 6.45) is 11.5. The average Bonchev–Trinajstić information content (AvgIpc) is 3.47. The summed E-state index contributed by atoms with van der Waals surface area (Å²) in [4.78, 5) is 48.2. The van der Waals surface area contributed by atoms with Gasteiger partial charge in [-0.3, -0.25) is 9.59 Å². The highest BCUT2D eigenvalue weighted by Gasteiger charge is 2.46. The standard InChI is InChI=1S/C29H41N5O4/c1-21(35)29(23-6-4-3-5-7-23)13-16-34(17-14-29)27(36)26(18-22-8-10-25(38-2)11-9-22)33-28(37)31-15-12-24-19-30-20-32-24/h8-11,19-20,23,26H,3-7,12-18H2,1-2H3,(H,30,32)(H2,31,33,37). The number of rotatable bonds is 10. The number of carbonyl (C=O) groups excluding carboxylic acids is 3. The number of ketones is 1. The molecule has 1 aliphatic carbocycles. The Balaban J connectivity index is 1.41. The number of methoxy groups -OCH3 is 1. The van der Waals surface area contributed by atoms with Crippen molar-refractivity contribution in [3.8, 4) is 5.75 Å². The summed E-state index contributed by atoms with van der Waals surface area (Å²) in [5.41, 5.74) is 1.54. The first-order valence-electron chi connectivity index (χ1n) is 13.9. The molecule has 2 fully saturated rings. The summed E-state index contributed by atoms with van der Waals surface area (Å²) in [6.45, 7) is 3.23. The highest BCUT2D eigenvalue weighted by molar-refractivity contribution is 5.88. The monoisotopic (exact) mass is 523 g/mol.